The molecule has 2 aromatic heterocycles. The van der Waals surface area contributed by atoms with Gasteiger partial charge in [-0.3, -0.25) is 4.98 Å². The van der Waals surface area contributed by atoms with E-state index in [1.807, 2.05) is 73.7 Å². The van der Waals surface area contributed by atoms with Crippen LogP contribution in [-0.2, 0) is 0 Å². The summed E-state index contributed by atoms with van der Waals surface area (Å²) >= 11 is 0. The Morgan fingerprint density at radius 3 is 2.47 bits per heavy atom. The number of nitrogens with one attached hydrogen (secondary N) is 1. The van der Waals surface area contributed by atoms with E-state index in [2.05, 4.69) is 20.3 Å². The van der Waals surface area contributed by atoms with Crippen molar-refractivity contribution in [3.8, 4) is 28.5 Å². The minimum atomic E-state index is 0.186. The fourth-order valence-corrected chi connectivity index (χ4v) is 2.93. The first-order chi connectivity index (χ1) is 14.6. The Kier molecular flexibility index (Phi) is 5.43. The van der Waals surface area contributed by atoms with Crippen molar-refractivity contribution in [2.45, 2.75) is 6.92 Å². The highest BCUT2D eigenvalue weighted by atomic mass is 16.5. The van der Waals surface area contributed by atoms with Crippen molar-refractivity contribution in [3.63, 3.8) is 0 Å². The average molecular weight is 399 g/mol. The quantitative estimate of drug-likeness (QED) is 0.472. The molecule has 0 spiro atoms. The molecule has 3 N–H and O–H groups in total. The van der Waals surface area contributed by atoms with Crippen molar-refractivity contribution in [2.75, 3.05) is 18.2 Å². The number of hydrogen-bond acceptors (Lipinski definition) is 7. The molecule has 0 bridgehead atoms. The molecular weight excluding hydrogens is 378 g/mol. The third kappa shape index (κ3) is 4.64. The van der Waals surface area contributed by atoms with Gasteiger partial charge in [0.25, 0.3) is 0 Å². The van der Waals surface area contributed by atoms with E-state index >= 15 is 0 Å². The average Bonchev–Trinajstić information content (AvgIpc) is 2.75. The molecule has 0 fully saturated rings. The Balaban J connectivity index is 1.52. The van der Waals surface area contributed by atoms with Crippen LogP contribution in [0.15, 0.2) is 72.9 Å². The van der Waals surface area contributed by atoms with Crippen LogP contribution in [-0.4, -0.2) is 22.1 Å². The lowest BCUT2D eigenvalue weighted by Gasteiger charge is -2.10. The molecule has 0 aliphatic carbocycles. The summed E-state index contributed by atoms with van der Waals surface area (Å²) in [6.45, 7) is 1.92. The van der Waals surface area contributed by atoms with Gasteiger partial charge in [-0.2, -0.15) is 4.98 Å². The molecule has 0 saturated carbocycles. The largest absolute Gasteiger partial charge is 0.497 e. The second-order valence-electron chi connectivity index (χ2n) is 6.61. The number of hydrogen-bond donors (Lipinski definition) is 2. The number of aromatic nitrogens is 3. The molecule has 2 aromatic carbocycles. The number of methoxy groups -OCH3 is 1. The van der Waals surface area contributed by atoms with E-state index in [1.165, 1.54) is 0 Å². The number of nitrogens with two attached hydrogens (primary N) is 1. The van der Waals surface area contributed by atoms with Crippen LogP contribution >= 0.6 is 0 Å². The predicted molar refractivity (Wildman–Crippen MR) is 117 cm³/mol. The van der Waals surface area contributed by atoms with Crippen molar-refractivity contribution < 1.29 is 9.47 Å². The van der Waals surface area contributed by atoms with Crippen molar-refractivity contribution >= 4 is 17.5 Å². The summed E-state index contributed by atoms with van der Waals surface area (Å²) in [5.74, 6) is 3.00. The fraction of sp³-hybridized carbons (Fsp3) is 0.0870. The zero-order chi connectivity index (χ0) is 20.9. The second-order valence-corrected chi connectivity index (χ2v) is 6.61. The third-order valence-corrected chi connectivity index (χ3v) is 4.34. The Bertz CT molecular complexity index is 1160. The maximum absolute atomic E-state index is 5.92. The molecule has 0 aliphatic rings. The third-order valence-electron chi connectivity index (χ3n) is 4.34. The molecule has 0 amide bonds. The molecule has 150 valence electrons. The first-order valence-electron chi connectivity index (χ1n) is 9.35. The molecular formula is C23H21N5O2. The van der Waals surface area contributed by atoms with Crippen molar-refractivity contribution in [1.29, 1.82) is 0 Å². The number of nitrogens with zero attached hydrogens (tertiary/aromatic N) is 3. The molecule has 0 aliphatic heterocycles. The van der Waals surface area contributed by atoms with E-state index in [1.54, 1.807) is 13.3 Å². The lowest BCUT2D eigenvalue weighted by molar-refractivity contribution is 0.415. The molecule has 30 heavy (non-hydrogen) atoms. The van der Waals surface area contributed by atoms with Crippen LogP contribution in [0, 0.1) is 6.92 Å². The number of ether oxygens (including phenoxy) is 2. The van der Waals surface area contributed by atoms with Crippen LogP contribution in [0.5, 0.6) is 17.2 Å². The highest BCUT2D eigenvalue weighted by Crippen LogP contribution is 2.27. The number of anilines is 3. The van der Waals surface area contributed by atoms with Crippen LogP contribution in [0.2, 0.25) is 0 Å². The molecule has 4 aromatic rings. The molecule has 0 saturated heterocycles. The van der Waals surface area contributed by atoms with Crippen molar-refractivity contribution in [1.82, 2.24) is 15.0 Å². The van der Waals surface area contributed by atoms with Crippen molar-refractivity contribution in [3.05, 3.63) is 78.6 Å². The minimum absolute atomic E-state index is 0.186. The van der Waals surface area contributed by atoms with Gasteiger partial charge in [-0.05, 0) is 49.4 Å². The Labute approximate surface area is 174 Å². The van der Waals surface area contributed by atoms with Gasteiger partial charge in [0.2, 0.25) is 5.95 Å². The molecule has 0 atom stereocenters. The lowest BCUT2D eigenvalue weighted by Crippen LogP contribution is -2.01. The smallest absolute Gasteiger partial charge is 0.222 e. The maximum atomic E-state index is 5.92. The van der Waals surface area contributed by atoms with Crippen LogP contribution in [0.4, 0.5) is 17.5 Å². The summed E-state index contributed by atoms with van der Waals surface area (Å²) in [5.41, 5.74) is 9.27. The number of benzene rings is 2. The van der Waals surface area contributed by atoms with E-state index in [-0.39, 0.29) is 5.95 Å². The Morgan fingerprint density at radius 1 is 0.867 bits per heavy atom. The van der Waals surface area contributed by atoms with Gasteiger partial charge in [-0.1, -0.05) is 12.1 Å². The number of nitrogen functional groups attached to an aromatic ring is 1. The number of aryl methyl sites for hydroxylation is 1. The van der Waals surface area contributed by atoms with Crippen LogP contribution in [0.3, 0.4) is 0 Å². The highest BCUT2D eigenvalue weighted by molar-refractivity contribution is 5.68. The van der Waals surface area contributed by atoms with E-state index in [4.69, 9.17) is 15.2 Å². The SMILES string of the molecule is COc1cccc(-c2cc(Nc3ccc(Oc4ccnc(C)c4)cc3)nc(N)n2)c1. The van der Waals surface area contributed by atoms with Gasteiger partial charge in [-0.25, -0.2) is 4.98 Å². The van der Waals surface area contributed by atoms with E-state index in [0.29, 0.717) is 11.5 Å². The molecule has 0 radical (unpaired) electrons. The fourth-order valence-electron chi connectivity index (χ4n) is 2.93. The van der Waals surface area contributed by atoms with Gasteiger partial charge < -0.3 is 20.5 Å². The Morgan fingerprint density at radius 2 is 1.70 bits per heavy atom. The van der Waals surface area contributed by atoms with Crippen LogP contribution < -0.4 is 20.5 Å². The molecule has 7 heteroatoms. The number of pyridine rings is 1. The standard InChI is InChI=1S/C23H21N5O2/c1-15-12-20(10-11-25-15)30-18-8-6-17(7-9-18)26-22-14-21(27-23(24)28-22)16-4-3-5-19(13-16)29-2/h3-14H,1-2H3,(H3,24,26,27,28). The van der Waals surface area contributed by atoms with Crippen LogP contribution in [0.25, 0.3) is 11.3 Å². The number of rotatable bonds is 6. The van der Waals surface area contributed by atoms with Gasteiger partial charge in [0.1, 0.15) is 23.1 Å². The van der Waals surface area contributed by atoms with Crippen LogP contribution in [0.1, 0.15) is 5.69 Å². The van der Waals surface area contributed by atoms with Gasteiger partial charge in [-0.15, -0.1) is 0 Å². The Hall–Kier alpha value is -4.13. The predicted octanol–water partition coefficient (Wildman–Crippen LogP) is 4.97. The highest BCUT2D eigenvalue weighted by Gasteiger charge is 2.07. The second kappa shape index (κ2) is 8.48. The topological polar surface area (TPSA) is 95.2 Å². The minimum Gasteiger partial charge on any atom is -0.497 e. The summed E-state index contributed by atoms with van der Waals surface area (Å²) in [7, 11) is 1.63. The van der Waals surface area contributed by atoms with E-state index in [0.717, 1.165) is 34.2 Å². The van der Waals surface area contributed by atoms with E-state index < -0.39 is 0 Å². The van der Waals surface area contributed by atoms with Gasteiger partial charge in [0.15, 0.2) is 0 Å². The molecule has 2 heterocycles. The summed E-state index contributed by atoms with van der Waals surface area (Å²) in [6, 6.07) is 20.8. The van der Waals surface area contributed by atoms with Gasteiger partial charge in [0.05, 0.1) is 12.8 Å². The zero-order valence-corrected chi connectivity index (χ0v) is 16.7. The summed E-state index contributed by atoms with van der Waals surface area (Å²) in [6.07, 6.45) is 1.72. The summed E-state index contributed by atoms with van der Waals surface area (Å²) in [5, 5.41) is 3.26. The lowest BCUT2D eigenvalue weighted by atomic mass is 10.1. The summed E-state index contributed by atoms with van der Waals surface area (Å²) < 4.78 is 11.1. The summed E-state index contributed by atoms with van der Waals surface area (Å²) in [4.78, 5) is 12.8. The van der Waals surface area contributed by atoms with E-state index in [9.17, 15) is 0 Å². The molecule has 0 unspecified atom stereocenters. The first-order valence-corrected chi connectivity index (χ1v) is 9.35. The maximum Gasteiger partial charge on any atom is 0.222 e. The first kappa shape index (κ1) is 19.2. The van der Waals surface area contributed by atoms with Gasteiger partial charge >= 0.3 is 0 Å². The van der Waals surface area contributed by atoms with Gasteiger partial charge in [0, 0.05) is 35.3 Å². The zero-order valence-electron chi connectivity index (χ0n) is 16.7. The monoisotopic (exact) mass is 399 g/mol. The molecule has 7 nitrogen and oxygen atoms in total. The molecule has 4 rings (SSSR count). The van der Waals surface area contributed by atoms with Crippen molar-refractivity contribution in [2.24, 2.45) is 0 Å². The normalized spacial score (nSPS) is 10.5.